The van der Waals surface area contributed by atoms with Gasteiger partial charge in [-0.05, 0) is 43.3 Å². The summed E-state index contributed by atoms with van der Waals surface area (Å²) in [5.74, 6) is 0.139. The van der Waals surface area contributed by atoms with Gasteiger partial charge >= 0.3 is 5.97 Å². The number of nitro groups is 1. The van der Waals surface area contributed by atoms with Crippen LogP contribution in [0, 0.1) is 17.0 Å². The molecule has 7 nitrogen and oxygen atoms in total. The summed E-state index contributed by atoms with van der Waals surface area (Å²) < 4.78 is 11.0. The van der Waals surface area contributed by atoms with Crippen LogP contribution in [-0.2, 0) is 9.53 Å². The number of nitro benzene ring substituents is 1. The van der Waals surface area contributed by atoms with Crippen LogP contribution in [0.1, 0.15) is 16.9 Å². The summed E-state index contributed by atoms with van der Waals surface area (Å²) in [6.07, 6.45) is 1.42. The summed E-state index contributed by atoms with van der Waals surface area (Å²) in [6, 6.07) is 12.8. The van der Waals surface area contributed by atoms with Gasteiger partial charge in [0.25, 0.3) is 5.69 Å². The third kappa shape index (κ3) is 3.72. The highest BCUT2D eigenvalue weighted by Gasteiger charge is 2.27. The topological polar surface area (TPSA) is 94.9 Å². The molecule has 1 aromatic heterocycles. The molecule has 150 valence electrons. The van der Waals surface area contributed by atoms with Gasteiger partial charge in [-0.3, -0.25) is 10.1 Å². The first kappa shape index (κ1) is 19.9. The molecular formula is C21H12Cl2N2O5. The fraction of sp³-hybridized carbons (Fsp3) is 0.0476. The lowest BCUT2D eigenvalue weighted by molar-refractivity contribution is -0.385. The number of hydrogen-bond acceptors (Lipinski definition) is 6. The van der Waals surface area contributed by atoms with Gasteiger partial charge in [0, 0.05) is 33.9 Å². The Balaban J connectivity index is 1.67. The lowest BCUT2D eigenvalue weighted by atomic mass is 10.1. The minimum absolute atomic E-state index is 0.00267. The number of cyclic esters (lactones) is 1. The van der Waals surface area contributed by atoms with E-state index in [9.17, 15) is 14.9 Å². The summed E-state index contributed by atoms with van der Waals surface area (Å²) in [5, 5.41) is 12.1. The fourth-order valence-electron chi connectivity index (χ4n) is 2.97. The number of carbonyl (C=O) groups is 1. The Morgan fingerprint density at radius 2 is 1.90 bits per heavy atom. The molecule has 0 radical (unpaired) electrons. The van der Waals surface area contributed by atoms with E-state index < -0.39 is 10.9 Å². The van der Waals surface area contributed by atoms with Gasteiger partial charge in [0.2, 0.25) is 5.90 Å². The van der Waals surface area contributed by atoms with Crippen LogP contribution in [-0.4, -0.2) is 16.8 Å². The molecule has 1 aliphatic rings. The number of hydrogen-bond donors (Lipinski definition) is 0. The Morgan fingerprint density at radius 1 is 1.10 bits per heavy atom. The zero-order chi connectivity index (χ0) is 21.4. The minimum Gasteiger partial charge on any atom is -0.457 e. The van der Waals surface area contributed by atoms with Crippen LogP contribution < -0.4 is 0 Å². The Kier molecular flexibility index (Phi) is 5.15. The van der Waals surface area contributed by atoms with Gasteiger partial charge in [0.15, 0.2) is 5.70 Å². The maximum Gasteiger partial charge on any atom is 0.363 e. The second-order valence-electron chi connectivity index (χ2n) is 6.37. The average Bonchev–Trinajstić information content (AvgIpc) is 3.31. The van der Waals surface area contributed by atoms with Crippen molar-refractivity contribution in [3.05, 3.63) is 91.3 Å². The molecule has 0 N–H and O–H groups in total. The molecule has 0 fully saturated rings. The van der Waals surface area contributed by atoms with Gasteiger partial charge in [0.05, 0.1) is 9.95 Å². The van der Waals surface area contributed by atoms with Gasteiger partial charge in [0.1, 0.15) is 11.5 Å². The number of benzene rings is 2. The average molecular weight is 443 g/mol. The Morgan fingerprint density at radius 3 is 2.67 bits per heavy atom. The smallest absolute Gasteiger partial charge is 0.363 e. The molecule has 0 atom stereocenters. The number of aliphatic imine (C=N–C) groups is 1. The summed E-state index contributed by atoms with van der Waals surface area (Å²) in [5.41, 5.74) is 1.25. The van der Waals surface area contributed by atoms with Crippen molar-refractivity contribution in [1.82, 2.24) is 0 Å². The largest absolute Gasteiger partial charge is 0.457 e. The first-order valence-electron chi connectivity index (χ1n) is 8.65. The number of carbonyl (C=O) groups excluding carboxylic acids is 1. The molecule has 0 spiro atoms. The molecule has 0 amide bonds. The lowest BCUT2D eigenvalue weighted by Crippen LogP contribution is -2.08. The van der Waals surface area contributed by atoms with Crippen molar-refractivity contribution in [2.24, 2.45) is 4.99 Å². The van der Waals surface area contributed by atoms with Gasteiger partial charge in [-0.2, -0.15) is 0 Å². The molecule has 0 saturated heterocycles. The summed E-state index contributed by atoms with van der Waals surface area (Å²) in [4.78, 5) is 27.1. The van der Waals surface area contributed by atoms with Crippen LogP contribution in [0.4, 0.5) is 5.69 Å². The van der Waals surface area contributed by atoms with Gasteiger partial charge in [-0.25, -0.2) is 9.79 Å². The van der Waals surface area contributed by atoms with Crippen molar-refractivity contribution in [3.63, 3.8) is 0 Å². The molecule has 2 aromatic carbocycles. The van der Waals surface area contributed by atoms with Crippen molar-refractivity contribution in [1.29, 1.82) is 0 Å². The normalized spacial score (nSPS) is 14.7. The maximum absolute atomic E-state index is 12.2. The van der Waals surface area contributed by atoms with Crippen LogP contribution in [0.3, 0.4) is 0 Å². The standard InChI is InChI=1S/C21H12Cl2N2O5/c1-11-14(3-2-4-18(11)25(27)28)20-24-17(21(26)30-20)10-13-6-8-19(29-13)15-9-12(22)5-7-16(15)23/h2-10H,1H3/b17-10-. The predicted octanol–water partition coefficient (Wildman–Crippen LogP) is 5.81. The second kappa shape index (κ2) is 7.78. The predicted molar refractivity (Wildman–Crippen MR) is 113 cm³/mol. The van der Waals surface area contributed by atoms with E-state index in [0.717, 1.165) is 0 Å². The van der Waals surface area contributed by atoms with Crippen LogP contribution >= 0.6 is 23.2 Å². The Bertz CT molecular complexity index is 1260. The van der Waals surface area contributed by atoms with Crippen LogP contribution in [0.2, 0.25) is 10.0 Å². The van der Waals surface area contributed by atoms with E-state index in [1.807, 2.05) is 0 Å². The van der Waals surface area contributed by atoms with Crippen molar-refractivity contribution < 1.29 is 18.9 Å². The van der Waals surface area contributed by atoms with Crippen LogP contribution in [0.5, 0.6) is 0 Å². The highest BCUT2D eigenvalue weighted by atomic mass is 35.5. The van der Waals surface area contributed by atoms with Gasteiger partial charge < -0.3 is 9.15 Å². The molecule has 0 saturated carbocycles. The van der Waals surface area contributed by atoms with E-state index in [4.69, 9.17) is 32.4 Å². The number of ether oxygens (including phenoxy) is 1. The number of nitrogens with zero attached hydrogens (tertiary/aromatic N) is 2. The molecule has 2 heterocycles. The van der Waals surface area contributed by atoms with Gasteiger partial charge in [-0.1, -0.05) is 29.3 Å². The Labute approximate surface area is 180 Å². The summed E-state index contributed by atoms with van der Waals surface area (Å²) in [7, 11) is 0. The maximum atomic E-state index is 12.2. The third-order valence-corrected chi connectivity index (χ3v) is 5.02. The van der Waals surface area contributed by atoms with Gasteiger partial charge in [-0.15, -0.1) is 0 Å². The van der Waals surface area contributed by atoms with E-state index in [1.54, 1.807) is 43.3 Å². The van der Waals surface area contributed by atoms with Crippen LogP contribution in [0.15, 0.2) is 63.6 Å². The van der Waals surface area contributed by atoms with Crippen molar-refractivity contribution in [2.45, 2.75) is 6.92 Å². The quantitative estimate of drug-likeness (QED) is 0.219. The minimum atomic E-state index is -0.686. The molecule has 0 bridgehead atoms. The molecule has 30 heavy (non-hydrogen) atoms. The monoisotopic (exact) mass is 442 g/mol. The Hall–Kier alpha value is -3.42. The highest BCUT2D eigenvalue weighted by Crippen LogP contribution is 2.33. The first-order valence-corrected chi connectivity index (χ1v) is 9.41. The first-order chi connectivity index (χ1) is 14.3. The van der Waals surface area contributed by atoms with Crippen LogP contribution in [0.25, 0.3) is 17.4 Å². The fourth-order valence-corrected chi connectivity index (χ4v) is 3.36. The molecular weight excluding hydrogens is 431 g/mol. The number of halogens is 2. The van der Waals surface area contributed by atoms with Crippen molar-refractivity contribution in [2.75, 3.05) is 0 Å². The summed E-state index contributed by atoms with van der Waals surface area (Å²) in [6.45, 7) is 1.57. The SMILES string of the molecule is Cc1c(C2=N/C(=C\c3ccc(-c4cc(Cl)ccc4Cl)o3)C(=O)O2)cccc1[N+](=O)[O-]. The zero-order valence-electron chi connectivity index (χ0n) is 15.4. The van der Waals surface area contributed by atoms with E-state index in [-0.39, 0.29) is 17.3 Å². The molecule has 9 heteroatoms. The highest BCUT2D eigenvalue weighted by molar-refractivity contribution is 6.35. The van der Waals surface area contributed by atoms with E-state index in [2.05, 4.69) is 4.99 Å². The number of furan rings is 1. The van der Waals surface area contributed by atoms with E-state index in [1.165, 1.54) is 18.2 Å². The number of rotatable bonds is 4. The molecule has 3 aromatic rings. The zero-order valence-corrected chi connectivity index (χ0v) is 16.9. The lowest BCUT2D eigenvalue weighted by Gasteiger charge is -2.04. The third-order valence-electron chi connectivity index (χ3n) is 4.45. The second-order valence-corrected chi connectivity index (χ2v) is 7.21. The van der Waals surface area contributed by atoms with Crippen molar-refractivity contribution >= 4 is 46.8 Å². The van der Waals surface area contributed by atoms with Crippen molar-refractivity contribution in [3.8, 4) is 11.3 Å². The molecule has 0 aliphatic carbocycles. The van der Waals surface area contributed by atoms with E-state index in [0.29, 0.717) is 38.3 Å². The summed E-state index contributed by atoms with van der Waals surface area (Å²) >= 11 is 12.2. The molecule has 4 rings (SSSR count). The number of esters is 1. The van der Waals surface area contributed by atoms with E-state index >= 15 is 0 Å². The molecule has 0 unspecified atom stereocenters. The molecule has 1 aliphatic heterocycles.